The second-order valence-corrected chi connectivity index (χ2v) is 4.66. The summed E-state index contributed by atoms with van der Waals surface area (Å²) in [5.41, 5.74) is 1.46. The molecular formula is C12H10N4O2S. The van der Waals surface area contributed by atoms with Crippen LogP contribution in [0.3, 0.4) is 0 Å². The van der Waals surface area contributed by atoms with Crippen molar-refractivity contribution in [3.8, 4) is 5.75 Å². The summed E-state index contributed by atoms with van der Waals surface area (Å²) in [6.07, 6.45) is 0. The molecule has 2 aromatic rings. The molecule has 1 aliphatic rings. The van der Waals surface area contributed by atoms with Crippen LogP contribution in [0.25, 0.3) is 5.70 Å². The molecule has 0 spiro atoms. The van der Waals surface area contributed by atoms with E-state index in [1.165, 1.54) is 11.8 Å². The van der Waals surface area contributed by atoms with Gasteiger partial charge in [-0.15, -0.1) is 0 Å². The molecule has 1 aliphatic heterocycles. The molecule has 0 bridgehead atoms. The van der Waals surface area contributed by atoms with Crippen molar-refractivity contribution in [1.29, 1.82) is 0 Å². The molecule has 0 amide bonds. The van der Waals surface area contributed by atoms with E-state index >= 15 is 0 Å². The average Bonchev–Trinajstić information content (AvgIpc) is 2.47. The number of ether oxygens (including phenoxy) is 1. The Morgan fingerprint density at radius 1 is 1.26 bits per heavy atom. The van der Waals surface area contributed by atoms with Crippen LogP contribution in [0, 0.1) is 0 Å². The Labute approximate surface area is 112 Å². The van der Waals surface area contributed by atoms with Crippen molar-refractivity contribution in [2.45, 2.75) is 5.03 Å². The number of rotatable bonds is 2. The third-order valence-electron chi connectivity index (χ3n) is 2.61. The largest absolute Gasteiger partial charge is 0.497 e. The van der Waals surface area contributed by atoms with E-state index in [-0.39, 0.29) is 0 Å². The zero-order valence-electron chi connectivity index (χ0n) is 10.0. The van der Waals surface area contributed by atoms with Crippen LogP contribution < -0.4 is 15.7 Å². The molecule has 0 saturated carbocycles. The van der Waals surface area contributed by atoms with Gasteiger partial charge in [0.05, 0.1) is 12.8 Å². The van der Waals surface area contributed by atoms with Gasteiger partial charge in [0.2, 0.25) is 0 Å². The van der Waals surface area contributed by atoms with E-state index in [0.717, 1.165) is 17.0 Å². The number of nitrogens with one attached hydrogen (secondary N) is 2. The van der Waals surface area contributed by atoms with Gasteiger partial charge in [-0.2, -0.15) is 10.1 Å². The Balaban J connectivity index is 1.90. The standard InChI is InChI=1S/C12H10N4O2S/c1-18-8-4-2-7(3-5-8)9-6-19-11-10(13-9)15-16-12(17)14-11/h2-6H,1H3,(H,13,15)(H,14,16,17). The zero-order chi connectivity index (χ0) is 13.2. The second-order valence-electron chi connectivity index (χ2n) is 3.80. The lowest BCUT2D eigenvalue weighted by Crippen LogP contribution is -2.17. The Morgan fingerprint density at radius 3 is 2.79 bits per heavy atom. The normalized spacial score (nSPS) is 13.2. The van der Waals surface area contributed by atoms with Crippen molar-refractivity contribution in [2.75, 3.05) is 12.4 Å². The molecule has 0 aliphatic carbocycles. The second kappa shape index (κ2) is 4.77. The molecule has 1 aromatic heterocycles. The SMILES string of the molecule is COc1ccc(C2=CSc3nc(=O)[nH]nc3N2)cc1. The monoisotopic (exact) mass is 274 g/mol. The first-order valence-corrected chi connectivity index (χ1v) is 6.39. The first-order chi connectivity index (χ1) is 9.26. The lowest BCUT2D eigenvalue weighted by molar-refractivity contribution is 0.415. The zero-order valence-corrected chi connectivity index (χ0v) is 10.8. The maximum absolute atomic E-state index is 11.1. The number of aromatic nitrogens is 3. The van der Waals surface area contributed by atoms with Crippen molar-refractivity contribution in [1.82, 2.24) is 15.2 Å². The lowest BCUT2D eigenvalue weighted by atomic mass is 10.1. The van der Waals surface area contributed by atoms with Gasteiger partial charge < -0.3 is 10.1 Å². The molecule has 2 heterocycles. The van der Waals surface area contributed by atoms with Crippen LogP contribution >= 0.6 is 11.8 Å². The van der Waals surface area contributed by atoms with E-state index in [1.54, 1.807) is 7.11 Å². The summed E-state index contributed by atoms with van der Waals surface area (Å²) in [4.78, 5) is 14.9. The first-order valence-electron chi connectivity index (χ1n) is 5.51. The Morgan fingerprint density at radius 2 is 2.05 bits per heavy atom. The van der Waals surface area contributed by atoms with Crippen LogP contribution in [0.15, 0.2) is 39.5 Å². The van der Waals surface area contributed by atoms with Gasteiger partial charge in [0.1, 0.15) is 5.75 Å². The van der Waals surface area contributed by atoms with Gasteiger partial charge >= 0.3 is 5.69 Å². The average molecular weight is 274 g/mol. The molecule has 2 N–H and O–H groups in total. The minimum atomic E-state index is -0.450. The van der Waals surface area contributed by atoms with Crippen LogP contribution in [0.5, 0.6) is 5.75 Å². The third kappa shape index (κ3) is 2.32. The van der Waals surface area contributed by atoms with Crippen LogP contribution in [-0.4, -0.2) is 22.3 Å². The predicted molar refractivity (Wildman–Crippen MR) is 73.1 cm³/mol. The number of hydrogen-bond donors (Lipinski definition) is 2. The Kier molecular flexibility index (Phi) is 2.96. The highest BCUT2D eigenvalue weighted by molar-refractivity contribution is 8.02. The maximum Gasteiger partial charge on any atom is 0.362 e. The molecule has 6 nitrogen and oxygen atoms in total. The molecule has 7 heteroatoms. The van der Waals surface area contributed by atoms with E-state index in [4.69, 9.17) is 4.74 Å². The van der Waals surface area contributed by atoms with Crippen molar-refractivity contribution in [2.24, 2.45) is 0 Å². The molecule has 19 heavy (non-hydrogen) atoms. The van der Waals surface area contributed by atoms with Gasteiger partial charge in [-0.1, -0.05) is 11.8 Å². The number of anilines is 1. The summed E-state index contributed by atoms with van der Waals surface area (Å²) in [7, 11) is 1.63. The van der Waals surface area contributed by atoms with Crippen molar-refractivity contribution in [3.05, 3.63) is 45.7 Å². The third-order valence-corrected chi connectivity index (χ3v) is 3.47. The fourth-order valence-corrected chi connectivity index (χ4v) is 2.44. The van der Waals surface area contributed by atoms with Crippen LogP contribution in [0.2, 0.25) is 0 Å². The Hall–Kier alpha value is -2.28. The highest BCUT2D eigenvalue weighted by Gasteiger charge is 2.15. The summed E-state index contributed by atoms with van der Waals surface area (Å²) in [5.74, 6) is 1.36. The number of H-pyrrole nitrogens is 1. The topological polar surface area (TPSA) is 79.9 Å². The van der Waals surface area contributed by atoms with Crippen molar-refractivity contribution in [3.63, 3.8) is 0 Å². The number of fused-ring (bicyclic) bond motifs is 1. The number of benzene rings is 1. The van der Waals surface area contributed by atoms with Gasteiger partial charge in [0.25, 0.3) is 0 Å². The van der Waals surface area contributed by atoms with Gasteiger partial charge in [-0.05, 0) is 29.8 Å². The van der Waals surface area contributed by atoms with Crippen LogP contribution in [-0.2, 0) is 0 Å². The van der Waals surface area contributed by atoms with E-state index in [9.17, 15) is 4.79 Å². The highest BCUT2D eigenvalue weighted by atomic mass is 32.2. The van der Waals surface area contributed by atoms with Crippen molar-refractivity contribution >= 4 is 23.3 Å². The predicted octanol–water partition coefficient (Wildman–Crippen LogP) is 1.69. The fourth-order valence-electron chi connectivity index (χ4n) is 1.67. The van der Waals surface area contributed by atoms with Crippen LogP contribution in [0.4, 0.5) is 5.82 Å². The molecule has 0 fully saturated rings. The van der Waals surface area contributed by atoms with Crippen LogP contribution in [0.1, 0.15) is 5.56 Å². The number of nitrogens with zero attached hydrogens (tertiary/aromatic N) is 2. The summed E-state index contributed by atoms with van der Waals surface area (Å²) < 4.78 is 5.12. The van der Waals surface area contributed by atoms with E-state index < -0.39 is 5.69 Å². The number of methoxy groups -OCH3 is 1. The molecule has 0 atom stereocenters. The summed E-state index contributed by atoms with van der Waals surface area (Å²) in [5, 5.41) is 11.8. The Bertz CT molecular complexity index is 694. The maximum atomic E-state index is 11.1. The van der Waals surface area contributed by atoms with Gasteiger partial charge in [0.15, 0.2) is 10.8 Å². The van der Waals surface area contributed by atoms with E-state index in [2.05, 4.69) is 20.5 Å². The van der Waals surface area contributed by atoms with Gasteiger partial charge in [-0.3, -0.25) is 0 Å². The van der Waals surface area contributed by atoms with Gasteiger partial charge in [0, 0.05) is 5.41 Å². The number of thioether (sulfide) groups is 1. The quantitative estimate of drug-likeness (QED) is 0.867. The molecular weight excluding hydrogens is 264 g/mol. The molecule has 0 unspecified atom stereocenters. The minimum absolute atomic E-state index is 0.450. The highest BCUT2D eigenvalue weighted by Crippen LogP contribution is 2.33. The summed E-state index contributed by atoms with van der Waals surface area (Å²) in [6, 6.07) is 7.66. The molecule has 3 rings (SSSR count). The summed E-state index contributed by atoms with van der Waals surface area (Å²) in [6.45, 7) is 0. The molecule has 96 valence electrons. The fraction of sp³-hybridized carbons (Fsp3) is 0.0833. The van der Waals surface area contributed by atoms with Crippen molar-refractivity contribution < 1.29 is 4.74 Å². The molecule has 0 saturated heterocycles. The number of aromatic amines is 1. The van der Waals surface area contributed by atoms with E-state index in [0.29, 0.717) is 10.8 Å². The van der Waals surface area contributed by atoms with Gasteiger partial charge in [-0.25, -0.2) is 9.89 Å². The lowest BCUT2D eigenvalue weighted by Gasteiger charge is -2.16. The first kappa shape index (κ1) is 11.8. The molecule has 1 aromatic carbocycles. The van der Waals surface area contributed by atoms with E-state index in [1.807, 2.05) is 29.7 Å². The summed E-state index contributed by atoms with van der Waals surface area (Å²) >= 11 is 1.37. The smallest absolute Gasteiger partial charge is 0.362 e. The minimum Gasteiger partial charge on any atom is -0.497 e. The number of hydrogen-bond acceptors (Lipinski definition) is 6. The molecule has 0 radical (unpaired) electrons.